The lowest BCUT2D eigenvalue weighted by molar-refractivity contribution is 0.726. The first-order chi connectivity index (χ1) is 30.8. The van der Waals surface area contributed by atoms with Gasteiger partial charge in [0, 0.05) is 48.7 Å². The van der Waals surface area contributed by atoms with Gasteiger partial charge in [-0.05, 0) is 111 Å². The number of rotatable bonds is 5. The molecule has 1 aliphatic carbocycles. The van der Waals surface area contributed by atoms with Gasteiger partial charge in [-0.15, -0.1) is 0 Å². The number of fused-ring (bicyclic) bond motifs is 15. The van der Waals surface area contributed by atoms with E-state index in [2.05, 4.69) is 240 Å². The van der Waals surface area contributed by atoms with Crippen LogP contribution < -0.4 is 4.90 Å². The largest absolute Gasteiger partial charge is 0.311 e. The maximum absolute atomic E-state index is 2.52. The Labute approximate surface area is 365 Å². The van der Waals surface area contributed by atoms with Gasteiger partial charge in [-0.1, -0.05) is 182 Å². The van der Waals surface area contributed by atoms with Crippen molar-refractivity contribution < 1.29 is 0 Å². The SMILES string of the molecule is c1ccc(-c2ccc(N(c3ccccc3)c3ccc(-n4c5ccc6c(c5c5ccc7ccccc7c54)Sc4ccccc4C64c5ccccc5-c5ccccc54)cc3)cc2)cc1. The molecule has 0 atom stereocenters. The highest BCUT2D eigenvalue weighted by Gasteiger charge is 2.50. The van der Waals surface area contributed by atoms with Crippen molar-refractivity contribution in [2.75, 3.05) is 4.90 Å². The molecule has 0 N–H and O–H groups in total. The van der Waals surface area contributed by atoms with Crippen LogP contribution in [0.2, 0.25) is 0 Å². The molecule has 2 aliphatic rings. The molecule has 2 nitrogen and oxygen atoms in total. The van der Waals surface area contributed by atoms with Gasteiger partial charge in [-0.25, -0.2) is 0 Å². The fourth-order valence-corrected chi connectivity index (χ4v) is 12.0. The fraction of sp³-hybridized carbons (Fsp3) is 0.0169. The Bertz CT molecular complexity index is 3490. The highest BCUT2D eigenvalue weighted by atomic mass is 32.2. The minimum atomic E-state index is -0.439. The molecule has 0 fully saturated rings. The number of para-hydroxylation sites is 1. The molecule has 0 saturated carbocycles. The van der Waals surface area contributed by atoms with E-state index in [-0.39, 0.29) is 0 Å². The van der Waals surface area contributed by atoms with E-state index in [9.17, 15) is 0 Å². The van der Waals surface area contributed by atoms with Gasteiger partial charge in [0.05, 0.1) is 16.4 Å². The third-order valence-corrected chi connectivity index (χ3v) is 14.4. The van der Waals surface area contributed by atoms with Crippen LogP contribution in [0.1, 0.15) is 22.3 Å². The predicted molar refractivity (Wildman–Crippen MR) is 260 cm³/mol. The Morgan fingerprint density at radius 3 is 1.68 bits per heavy atom. The summed E-state index contributed by atoms with van der Waals surface area (Å²) >= 11 is 1.93. The average Bonchev–Trinajstić information content (AvgIpc) is 3.84. The number of aromatic nitrogens is 1. The molecule has 0 radical (unpaired) electrons. The van der Waals surface area contributed by atoms with E-state index in [1.165, 1.54) is 86.9 Å². The molecule has 62 heavy (non-hydrogen) atoms. The van der Waals surface area contributed by atoms with Crippen molar-refractivity contribution in [1.29, 1.82) is 0 Å². The highest BCUT2D eigenvalue weighted by molar-refractivity contribution is 7.99. The zero-order valence-corrected chi connectivity index (χ0v) is 34.6. The van der Waals surface area contributed by atoms with Crippen molar-refractivity contribution >= 4 is 61.4 Å². The van der Waals surface area contributed by atoms with Crippen molar-refractivity contribution in [3.8, 4) is 27.9 Å². The molecule has 0 amide bonds. The molecule has 11 aromatic rings. The second-order valence-electron chi connectivity index (χ2n) is 16.4. The quantitative estimate of drug-likeness (QED) is 0.171. The van der Waals surface area contributed by atoms with Crippen LogP contribution in [-0.4, -0.2) is 4.57 Å². The van der Waals surface area contributed by atoms with E-state index >= 15 is 0 Å². The maximum Gasteiger partial charge on any atom is 0.0735 e. The van der Waals surface area contributed by atoms with Crippen LogP contribution in [0, 0.1) is 0 Å². The van der Waals surface area contributed by atoms with E-state index in [4.69, 9.17) is 0 Å². The van der Waals surface area contributed by atoms with E-state index < -0.39 is 5.41 Å². The third-order valence-electron chi connectivity index (χ3n) is 13.2. The Hall–Kier alpha value is -7.59. The molecule has 1 spiro atoms. The number of nitrogens with zero attached hydrogens (tertiary/aromatic N) is 2. The van der Waals surface area contributed by atoms with Crippen LogP contribution in [-0.2, 0) is 5.41 Å². The molecule has 0 unspecified atom stereocenters. The normalized spacial score (nSPS) is 13.2. The van der Waals surface area contributed by atoms with E-state index in [0.717, 1.165) is 22.7 Å². The molecule has 13 rings (SSSR count). The van der Waals surface area contributed by atoms with Gasteiger partial charge in [0.2, 0.25) is 0 Å². The summed E-state index contributed by atoms with van der Waals surface area (Å²) in [4.78, 5) is 4.99. The molecule has 3 heteroatoms. The van der Waals surface area contributed by atoms with Gasteiger partial charge in [0.1, 0.15) is 0 Å². The minimum absolute atomic E-state index is 0.439. The van der Waals surface area contributed by atoms with Crippen LogP contribution >= 0.6 is 11.8 Å². The fourth-order valence-electron chi connectivity index (χ4n) is 10.7. The lowest BCUT2D eigenvalue weighted by Gasteiger charge is -2.40. The minimum Gasteiger partial charge on any atom is -0.311 e. The van der Waals surface area contributed by atoms with Gasteiger partial charge in [-0.2, -0.15) is 0 Å². The summed E-state index contributed by atoms with van der Waals surface area (Å²) in [5, 5.41) is 5.05. The molecule has 0 saturated heterocycles. The van der Waals surface area contributed by atoms with Crippen molar-refractivity contribution in [3.63, 3.8) is 0 Å². The molecular formula is C59H38N2S. The van der Waals surface area contributed by atoms with Crippen molar-refractivity contribution in [2.45, 2.75) is 15.2 Å². The zero-order chi connectivity index (χ0) is 40.8. The summed E-state index contributed by atoms with van der Waals surface area (Å²) in [6.45, 7) is 0. The Balaban J connectivity index is 1.03. The molecule has 10 aromatic carbocycles. The van der Waals surface area contributed by atoms with E-state index in [1.54, 1.807) is 0 Å². The van der Waals surface area contributed by atoms with Crippen LogP contribution in [0.5, 0.6) is 0 Å². The Kier molecular flexibility index (Phi) is 7.79. The van der Waals surface area contributed by atoms with E-state index in [0.29, 0.717) is 0 Å². The molecule has 2 heterocycles. The van der Waals surface area contributed by atoms with Crippen LogP contribution in [0.4, 0.5) is 17.1 Å². The maximum atomic E-state index is 2.52. The molecule has 290 valence electrons. The van der Waals surface area contributed by atoms with Crippen molar-refractivity contribution in [3.05, 3.63) is 253 Å². The first-order valence-electron chi connectivity index (χ1n) is 21.3. The predicted octanol–water partition coefficient (Wildman–Crippen LogP) is 15.9. The van der Waals surface area contributed by atoms with Crippen LogP contribution in [0.3, 0.4) is 0 Å². The third kappa shape index (κ3) is 5.00. The van der Waals surface area contributed by atoms with Gasteiger partial charge in [0.25, 0.3) is 0 Å². The number of hydrogen-bond donors (Lipinski definition) is 0. The lowest BCUT2D eigenvalue weighted by atomic mass is 9.67. The van der Waals surface area contributed by atoms with Crippen LogP contribution in [0.25, 0.3) is 60.5 Å². The van der Waals surface area contributed by atoms with Gasteiger partial charge < -0.3 is 9.47 Å². The number of anilines is 3. The first kappa shape index (κ1) is 35.2. The molecular weight excluding hydrogens is 769 g/mol. The van der Waals surface area contributed by atoms with Gasteiger partial charge >= 0.3 is 0 Å². The molecule has 1 aromatic heterocycles. The topological polar surface area (TPSA) is 8.17 Å². The summed E-state index contributed by atoms with van der Waals surface area (Å²) in [6, 6.07) is 85.0. The molecule has 0 bridgehead atoms. The van der Waals surface area contributed by atoms with Crippen molar-refractivity contribution in [1.82, 2.24) is 4.57 Å². The zero-order valence-electron chi connectivity index (χ0n) is 33.7. The number of hydrogen-bond acceptors (Lipinski definition) is 2. The first-order valence-corrected chi connectivity index (χ1v) is 22.2. The smallest absolute Gasteiger partial charge is 0.0735 e. The summed E-state index contributed by atoms with van der Waals surface area (Å²) in [5.41, 5.74) is 16.9. The van der Waals surface area contributed by atoms with Gasteiger partial charge in [0.15, 0.2) is 0 Å². The van der Waals surface area contributed by atoms with Gasteiger partial charge in [-0.3, -0.25) is 0 Å². The summed E-state index contributed by atoms with van der Waals surface area (Å²) in [7, 11) is 0. The van der Waals surface area contributed by atoms with E-state index in [1.807, 2.05) is 11.8 Å². The average molecular weight is 807 g/mol. The van der Waals surface area contributed by atoms with Crippen molar-refractivity contribution in [2.24, 2.45) is 0 Å². The standard InChI is InChI=1S/C59H38N2S/c1-3-15-39(16-4-1)40-27-30-43(31-28-40)60(42-18-5-2-6-19-42)44-32-34-45(35-33-44)61-54-38-37-53-58(56(54)49-36-29-41-17-7-8-20-46(41)57(49)61)62-55-26-14-13-25-52(55)59(53)50-23-11-9-21-47(50)48-22-10-12-24-51(48)59/h1-38H. The molecule has 1 aliphatic heterocycles. The highest BCUT2D eigenvalue weighted by Crippen LogP contribution is 2.63. The second-order valence-corrected chi connectivity index (χ2v) is 17.4. The summed E-state index contributed by atoms with van der Waals surface area (Å²) in [6.07, 6.45) is 0. The lowest BCUT2D eigenvalue weighted by Crippen LogP contribution is -2.32. The second kappa shape index (κ2) is 13.7. The summed E-state index contributed by atoms with van der Waals surface area (Å²) < 4.78 is 2.52. The monoisotopic (exact) mass is 806 g/mol. The van der Waals surface area contributed by atoms with Crippen LogP contribution in [0.15, 0.2) is 240 Å². The Morgan fingerprint density at radius 2 is 0.952 bits per heavy atom. The number of benzene rings is 10. The Morgan fingerprint density at radius 1 is 0.387 bits per heavy atom. The summed E-state index contributed by atoms with van der Waals surface area (Å²) in [5.74, 6) is 0.